The van der Waals surface area contributed by atoms with Crippen LogP contribution in [-0.4, -0.2) is 41.8 Å². The summed E-state index contributed by atoms with van der Waals surface area (Å²) >= 11 is 7.52. The van der Waals surface area contributed by atoms with Crippen LogP contribution in [0, 0.1) is 0 Å². The highest BCUT2D eigenvalue weighted by Gasteiger charge is 2.11. The van der Waals surface area contributed by atoms with Crippen LogP contribution in [0.1, 0.15) is 0 Å². The van der Waals surface area contributed by atoms with Gasteiger partial charge in [-0.2, -0.15) is 0 Å². The van der Waals surface area contributed by atoms with Gasteiger partial charge in [-0.15, -0.1) is 5.10 Å². The maximum atomic E-state index is 5.99. The highest BCUT2D eigenvalue weighted by atomic mass is 35.5. The summed E-state index contributed by atoms with van der Waals surface area (Å²) in [5, 5.41) is 8.33. The van der Waals surface area contributed by atoms with Crippen molar-refractivity contribution in [3.8, 4) is 17.1 Å². The molecule has 1 aromatic heterocycles. The Morgan fingerprint density at radius 2 is 2.21 bits per heavy atom. The number of halogens is 1. The summed E-state index contributed by atoms with van der Waals surface area (Å²) in [6.45, 7) is 0.662. The second kappa shape index (κ2) is 6.79. The number of methoxy groups -OCH3 is 2. The van der Waals surface area contributed by atoms with Crippen molar-refractivity contribution in [2.45, 2.75) is 5.16 Å². The van der Waals surface area contributed by atoms with Crippen LogP contribution in [0.15, 0.2) is 23.4 Å². The zero-order chi connectivity index (χ0) is 13.7. The van der Waals surface area contributed by atoms with Gasteiger partial charge in [-0.05, 0) is 18.2 Å². The third-order valence-electron chi connectivity index (χ3n) is 2.40. The summed E-state index contributed by atoms with van der Waals surface area (Å²) in [5.41, 5.74) is 0.793. The third kappa shape index (κ3) is 3.62. The lowest BCUT2D eigenvalue weighted by atomic mass is 10.2. The van der Waals surface area contributed by atoms with Gasteiger partial charge in [-0.1, -0.05) is 23.4 Å². The summed E-state index contributed by atoms with van der Waals surface area (Å²) in [7, 11) is 3.28. The monoisotopic (exact) mass is 299 g/mol. The standard InChI is InChI=1S/C12H14ClN3O2S/c1-17-5-6-19-12-14-11(15-16-12)9-7-8(13)3-4-10(9)18-2/h3-4,7H,5-6H2,1-2H3,(H,14,15,16). The van der Waals surface area contributed by atoms with Crippen LogP contribution >= 0.6 is 23.4 Å². The molecule has 102 valence electrons. The average molecular weight is 300 g/mol. The zero-order valence-electron chi connectivity index (χ0n) is 10.6. The number of hydrogen-bond acceptors (Lipinski definition) is 5. The number of H-pyrrole nitrogens is 1. The van der Waals surface area contributed by atoms with E-state index in [1.165, 1.54) is 11.8 Å². The van der Waals surface area contributed by atoms with Gasteiger partial charge in [-0.3, -0.25) is 5.10 Å². The van der Waals surface area contributed by atoms with Gasteiger partial charge < -0.3 is 9.47 Å². The average Bonchev–Trinajstić information content (AvgIpc) is 2.88. The molecule has 1 heterocycles. The Hall–Kier alpha value is -1.24. The van der Waals surface area contributed by atoms with Crippen molar-refractivity contribution >= 4 is 23.4 Å². The van der Waals surface area contributed by atoms with Crippen molar-refractivity contribution in [2.75, 3.05) is 26.6 Å². The molecule has 7 heteroatoms. The van der Waals surface area contributed by atoms with Gasteiger partial charge in [0.25, 0.3) is 0 Å². The van der Waals surface area contributed by atoms with Gasteiger partial charge in [0.1, 0.15) is 5.75 Å². The minimum absolute atomic E-state index is 0.626. The summed E-state index contributed by atoms with van der Waals surface area (Å²) < 4.78 is 10.3. The first kappa shape index (κ1) is 14.2. The van der Waals surface area contributed by atoms with Crippen LogP contribution in [0.5, 0.6) is 5.75 Å². The molecule has 0 saturated carbocycles. The molecule has 2 aromatic rings. The number of aromatic nitrogens is 3. The van der Waals surface area contributed by atoms with Crippen LogP contribution < -0.4 is 4.74 Å². The Bertz CT molecular complexity index is 548. The van der Waals surface area contributed by atoms with Crippen LogP contribution in [0.25, 0.3) is 11.4 Å². The predicted octanol–water partition coefficient (Wildman–Crippen LogP) is 2.87. The lowest BCUT2D eigenvalue weighted by molar-refractivity contribution is 0.218. The lowest BCUT2D eigenvalue weighted by Crippen LogP contribution is -1.91. The fraction of sp³-hybridized carbons (Fsp3) is 0.333. The number of ether oxygens (including phenoxy) is 2. The van der Waals surface area contributed by atoms with Gasteiger partial charge in [0.2, 0.25) is 5.16 Å². The van der Waals surface area contributed by atoms with Crippen molar-refractivity contribution < 1.29 is 9.47 Å². The van der Waals surface area contributed by atoms with Crippen molar-refractivity contribution in [1.82, 2.24) is 15.2 Å². The molecular weight excluding hydrogens is 286 g/mol. The van der Waals surface area contributed by atoms with Crippen LogP contribution in [-0.2, 0) is 4.74 Å². The highest BCUT2D eigenvalue weighted by Crippen LogP contribution is 2.30. The van der Waals surface area contributed by atoms with Crippen LogP contribution in [0.4, 0.5) is 0 Å². The van der Waals surface area contributed by atoms with Crippen molar-refractivity contribution in [1.29, 1.82) is 0 Å². The molecule has 0 aliphatic carbocycles. The van der Waals surface area contributed by atoms with Gasteiger partial charge in [0, 0.05) is 17.9 Å². The van der Waals surface area contributed by atoms with E-state index in [1.807, 2.05) is 0 Å². The van der Waals surface area contributed by atoms with E-state index in [9.17, 15) is 0 Å². The van der Waals surface area contributed by atoms with Crippen molar-refractivity contribution in [2.24, 2.45) is 0 Å². The maximum Gasteiger partial charge on any atom is 0.208 e. The molecule has 5 nitrogen and oxygen atoms in total. The molecule has 0 fully saturated rings. The number of rotatable bonds is 6. The second-order valence-corrected chi connectivity index (χ2v) is 5.15. The van der Waals surface area contributed by atoms with Crippen LogP contribution in [0.3, 0.4) is 0 Å². The molecule has 2 rings (SSSR count). The Labute approximate surface area is 120 Å². The first-order chi connectivity index (χ1) is 9.24. The normalized spacial score (nSPS) is 10.7. The fourth-order valence-corrected chi connectivity index (χ4v) is 2.38. The van der Waals surface area contributed by atoms with Crippen LogP contribution in [0.2, 0.25) is 5.02 Å². The minimum Gasteiger partial charge on any atom is -0.496 e. The van der Waals surface area contributed by atoms with E-state index in [2.05, 4.69) is 15.2 Å². The molecule has 0 bridgehead atoms. The molecule has 1 N–H and O–H groups in total. The third-order valence-corrected chi connectivity index (χ3v) is 3.45. The van der Waals surface area contributed by atoms with E-state index in [4.69, 9.17) is 21.1 Å². The number of nitrogens with zero attached hydrogens (tertiary/aromatic N) is 2. The van der Waals surface area contributed by atoms with E-state index in [-0.39, 0.29) is 0 Å². The summed E-state index contributed by atoms with van der Waals surface area (Å²) in [6, 6.07) is 5.37. The maximum absolute atomic E-state index is 5.99. The molecular formula is C12H14ClN3O2S. The molecule has 0 aliphatic heterocycles. The van der Waals surface area contributed by atoms with E-state index < -0.39 is 0 Å². The van der Waals surface area contributed by atoms with Gasteiger partial charge in [-0.25, -0.2) is 4.98 Å². The molecule has 0 spiro atoms. The largest absolute Gasteiger partial charge is 0.496 e. The fourth-order valence-electron chi connectivity index (χ4n) is 1.51. The van der Waals surface area contributed by atoms with Crippen molar-refractivity contribution in [3.63, 3.8) is 0 Å². The molecule has 0 atom stereocenters. The summed E-state index contributed by atoms with van der Waals surface area (Å²) in [6.07, 6.45) is 0. The molecule has 0 radical (unpaired) electrons. The quantitative estimate of drug-likeness (QED) is 0.656. The first-order valence-electron chi connectivity index (χ1n) is 5.62. The first-order valence-corrected chi connectivity index (χ1v) is 6.99. The lowest BCUT2D eigenvalue weighted by Gasteiger charge is -2.05. The Kier molecular flexibility index (Phi) is 5.07. The van der Waals surface area contributed by atoms with E-state index in [1.54, 1.807) is 32.4 Å². The highest BCUT2D eigenvalue weighted by molar-refractivity contribution is 7.99. The molecule has 0 aliphatic rings. The van der Waals surface area contributed by atoms with E-state index >= 15 is 0 Å². The Morgan fingerprint density at radius 1 is 1.37 bits per heavy atom. The van der Waals surface area contributed by atoms with Crippen molar-refractivity contribution in [3.05, 3.63) is 23.2 Å². The topological polar surface area (TPSA) is 60.0 Å². The summed E-state index contributed by atoms with van der Waals surface area (Å²) in [5.74, 6) is 2.15. The minimum atomic E-state index is 0.626. The Balaban J connectivity index is 2.20. The zero-order valence-corrected chi connectivity index (χ0v) is 12.2. The Morgan fingerprint density at radius 3 is 2.95 bits per heavy atom. The molecule has 0 unspecified atom stereocenters. The molecule has 0 amide bonds. The van der Waals surface area contributed by atoms with Gasteiger partial charge in [0.15, 0.2) is 5.82 Å². The number of benzene rings is 1. The van der Waals surface area contributed by atoms with E-state index in [0.717, 1.165) is 11.3 Å². The number of hydrogen-bond donors (Lipinski definition) is 1. The number of aromatic amines is 1. The smallest absolute Gasteiger partial charge is 0.208 e. The SMILES string of the molecule is COCCSc1n[nH]c(-c2cc(Cl)ccc2OC)n1. The van der Waals surface area contributed by atoms with Gasteiger partial charge in [0.05, 0.1) is 19.3 Å². The summed E-state index contributed by atoms with van der Waals surface area (Å²) in [4.78, 5) is 4.40. The van der Waals surface area contributed by atoms with E-state index in [0.29, 0.717) is 28.4 Å². The molecule has 19 heavy (non-hydrogen) atoms. The molecule has 0 saturated heterocycles. The van der Waals surface area contributed by atoms with Gasteiger partial charge >= 0.3 is 0 Å². The number of thioether (sulfide) groups is 1. The molecule has 1 aromatic carbocycles. The predicted molar refractivity (Wildman–Crippen MR) is 76.0 cm³/mol. The second-order valence-electron chi connectivity index (χ2n) is 3.65. The number of nitrogens with one attached hydrogen (secondary N) is 1.